The molecule has 0 aliphatic rings. The van der Waals surface area contributed by atoms with E-state index in [-0.39, 0.29) is 17.2 Å². The smallest absolute Gasteiger partial charge is 0.263 e. The number of rotatable bonds is 6. The van der Waals surface area contributed by atoms with Crippen molar-refractivity contribution in [1.29, 1.82) is 0 Å². The van der Waals surface area contributed by atoms with E-state index in [0.29, 0.717) is 17.1 Å². The van der Waals surface area contributed by atoms with Gasteiger partial charge in [0.15, 0.2) is 5.16 Å². The lowest BCUT2D eigenvalue weighted by molar-refractivity contribution is -0.113. The van der Waals surface area contributed by atoms with Crippen molar-refractivity contribution in [2.24, 2.45) is 0 Å². The minimum Gasteiger partial charge on any atom is -0.378 e. The van der Waals surface area contributed by atoms with Crippen molar-refractivity contribution in [3.63, 3.8) is 0 Å². The largest absolute Gasteiger partial charge is 0.378 e. The number of aryl methyl sites for hydroxylation is 2. The normalized spacial score (nSPS) is 11.0. The molecule has 0 unspecified atom stereocenters. The molecule has 0 bridgehead atoms. The van der Waals surface area contributed by atoms with Crippen molar-refractivity contribution < 1.29 is 4.79 Å². The van der Waals surface area contributed by atoms with Gasteiger partial charge in [-0.25, -0.2) is 4.98 Å². The van der Waals surface area contributed by atoms with Gasteiger partial charge in [-0.1, -0.05) is 11.8 Å². The number of nitrogens with zero attached hydrogens (tertiary/aromatic N) is 3. The number of nitrogens with one attached hydrogen (secondary N) is 1. The third-order valence-electron chi connectivity index (χ3n) is 4.57. The van der Waals surface area contributed by atoms with Crippen LogP contribution in [0, 0.1) is 13.8 Å². The summed E-state index contributed by atoms with van der Waals surface area (Å²) in [6.07, 6.45) is 0. The standard InChI is InChI=1S/C20H24N4O2S2/c1-6-24-19(26)17-12(2)13(3)28-18(17)22-20(24)27-11-16(25)21-14-7-9-15(10-8-14)23(4)5/h7-10H,6,11H2,1-5H3,(H,21,25). The average molecular weight is 417 g/mol. The van der Waals surface area contributed by atoms with Crippen LogP contribution in [0.15, 0.2) is 34.2 Å². The molecule has 0 aliphatic carbocycles. The molecule has 0 fully saturated rings. The number of hydrogen-bond acceptors (Lipinski definition) is 6. The van der Waals surface area contributed by atoms with Crippen LogP contribution in [0.1, 0.15) is 17.4 Å². The number of thiophene rings is 1. The molecule has 1 aromatic carbocycles. The molecule has 0 saturated heterocycles. The zero-order valence-corrected chi connectivity index (χ0v) is 18.3. The van der Waals surface area contributed by atoms with Crippen LogP contribution < -0.4 is 15.8 Å². The van der Waals surface area contributed by atoms with Gasteiger partial charge in [0.25, 0.3) is 5.56 Å². The monoisotopic (exact) mass is 416 g/mol. The van der Waals surface area contributed by atoms with Crippen LogP contribution >= 0.6 is 23.1 Å². The van der Waals surface area contributed by atoms with E-state index in [1.807, 2.05) is 64.0 Å². The molecule has 8 heteroatoms. The van der Waals surface area contributed by atoms with Crippen LogP contribution in [-0.4, -0.2) is 35.3 Å². The predicted molar refractivity (Wildman–Crippen MR) is 119 cm³/mol. The Morgan fingerprint density at radius 1 is 1.25 bits per heavy atom. The Hall–Kier alpha value is -2.32. The van der Waals surface area contributed by atoms with E-state index in [9.17, 15) is 9.59 Å². The van der Waals surface area contributed by atoms with E-state index in [0.717, 1.165) is 26.6 Å². The molecule has 148 valence electrons. The predicted octanol–water partition coefficient (Wildman–Crippen LogP) is 3.89. The second kappa shape index (κ2) is 8.36. The first kappa shape index (κ1) is 20.4. The first-order chi connectivity index (χ1) is 13.3. The number of benzene rings is 1. The maximum absolute atomic E-state index is 12.8. The quantitative estimate of drug-likeness (QED) is 0.488. The lowest BCUT2D eigenvalue weighted by atomic mass is 10.2. The number of anilines is 2. The third kappa shape index (κ3) is 4.07. The van der Waals surface area contributed by atoms with E-state index in [1.54, 1.807) is 4.57 Å². The summed E-state index contributed by atoms with van der Waals surface area (Å²) in [7, 11) is 3.94. The number of aromatic nitrogens is 2. The molecule has 0 radical (unpaired) electrons. The Morgan fingerprint density at radius 3 is 2.54 bits per heavy atom. The molecule has 0 atom stereocenters. The fourth-order valence-corrected chi connectivity index (χ4v) is 4.80. The zero-order valence-electron chi connectivity index (χ0n) is 16.7. The number of carbonyl (C=O) groups excluding carboxylic acids is 1. The lowest BCUT2D eigenvalue weighted by Crippen LogP contribution is -2.23. The maximum Gasteiger partial charge on any atom is 0.263 e. The number of hydrogen-bond donors (Lipinski definition) is 1. The summed E-state index contributed by atoms with van der Waals surface area (Å²) in [4.78, 5) is 33.7. The molecule has 6 nitrogen and oxygen atoms in total. The number of amides is 1. The fourth-order valence-electron chi connectivity index (χ4n) is 2.87. The Kier molecular flexibility index (Phi) is 6.10. The highest BCUT2D eigenvalue weighted by atomic mass is 32.2. The van der Waals surface area contributed by atoms with Crippen LogP contribution in [0.4, 0.5) is 11.4 Å². The summed E-state index contributed by atoms with van der Waals surface area (Å²) >= 11 is 2.81. The van der Waals surface area contributed by atoms with Crippen LogP contribution in [0.25, 0.3) is 10.2 Å². The van der Waals surface area contributed by atoms with Gasteiger partial charge < -0.3 is 10.2 Å². The Balaban J connectivity index is 1.75. The molecule has 3 aromatic rings. The fraction of sp³-hybridized carbons (Fsp3) is 0.350. The first-order valence-electron chi connectivity index (χ1n) is 9.02. The van der Waals surface area contributed by atoms with Crippen molar-refractivity contribution in [2.45, 2.75) is 32.5 Å². The maximum atomic E-state index is 12.8. The van der Waals surface area contributed by atoms with E-state index < -0.39 is 0 Å². The van der Waals surface area contributed by atoms with Gasteiger partial charge in [0, 0.05) is 36.9 Å². The molecule has 2 heterocycles. The lowest BCUT2D eigenvalue weighted by Gasteiger charge is -2.13. The number of carbonyl (C=O) groups is 1. The minimum atomic E-state index is -0.127. The van der Waals surface area contributed by atoms with Crippen molar-refractivity contribution in [3.05, 3.63) is 45.1 Å². The van der Waals surface area contributed by atoms with E-state index in [1.165, 1.54) is 23.1 Å². The highest BCUT2D eigenvalue weighted by Crippen LogP contribution is 2.28. The molecule has 0 spiro atoms. The average Bonchev–Trinajstić information content (AvgIpc) is 2.94. The van der Waals surface area contributed by atoms with Crippen molar-refractivity contribution in [1.82, 2.24) is 9.55 Å². The van der Waals surface area contributed by atoms with E-state index in [2.05, 4.69) is 10.3 Å². The van der Waals surface area contributed by atoms with Crippen LogP contribution in [0.3, 0.4) is 0 Å². The highest BCUT2D eigenvalue weighted by molar-refractivity contribution is 7.99. The SMILES string of the molecule is CCn1c(SCC(=O)Nc2ccc(N(C)C)cc2)nc2sc(C)c(C)c2c1=O. The van der Waals surface area contributed by atoms with Crippen molar-refractivity contribution in [2.75, 3.05) is 30.1 Å². The summed E-state index contributed by atoms with van der Waals surface area (Å²) in [5.74, 6) is 0.0645. The van der Waals surface area contributed by atoms with Gasteiger partial charge in [0.2, 0.25) is 5.91 Å². The third-order valence-corrected chi connectivity index (χ3v) is 6.65. The second-order valence-electron chi connectivity index (χ2n) is 6.69. The van der Waals surface area contributed by atoms with Gasteiger partial charge in [0.1, 0.15) is 4.83 Å². The molecule has 28 heavy (non-hydrogen) atoms. The molecular weight excluding hydrogens is 392 g/mol. The summed E-state index contributed by atoms with van der Waals surface area (Å²) in [6, 6.07) is 7.66. The van der Waals surface area contributed by atoms with E-state index >= 15 is 0 Å². The van der Waals surface area contributed by atoms with Crippen LogP contribution in [0.2, 0.25) is 0 Å². The van der Waals surface area contributed by atoms with Crippen LogP contribution in [0.5, 0.6) is 0 Å². The van der Waals surface area contributed by atoms with Crippen molar-refractivity contribution >= 4 is 50.6 Å². The molecule has 0 saturated carbocycles. The minimum absolute atomic E-state index is 0.0310. The Labute approximate surface area is 172 Å². The summed E-state index contributed by atoms with van der Waals surface area (Å²) < 4.78 is 1.64. The Morgan fingerprint density at radius 2 is 1.93 bits per heavy atom. The molecule has 1 N–H and O–H groups in total. The van der Waals surface area contributed by atoms with Gasteiger partial charge in [-0.05, 0) is 50.6 Å². The highest BCUT2D eigenvalue weighted by Gasteiger charge is 2.17. The Bertz CT molecular complexity index is 1070. The molecule has 2 aromatic heterocycles. The van der Waals surface area contributed by atoms with Gasteiger partial charge in [-0.2, -0.15) is 0 Å². The zero-order chi connectivity index (χ0) is 20.4. The number of fused-ring (bicyclic) bond motifs is 1. The topological polar surface area (TPSA) is 67.2 Å². The molecular formula is C20H24N4O2S2. The van der Waals surface area contributed by atoms with Gasteiger partial charge >= 0.3 is 0 Å². The van der Waals surface area contributed by atoms with E-state index in [4.69, 9.17) is 0 Å². The molecule has 3 rings (SSSR count). The van der Waals surface area contributed by atoms with Gasteiger partial charge in [-0.15, -0.1) is 11.3 Å². The summed E-state index contributed by atoms with van der Waals surface area (Å²) in [5, 5.41) is 4.17. The van der Waals surface area contributed by atoms with Gasteiger partial charge in [-0.3, -0.25) is 14.2 Å². The van der Waals surface area contributed by atoms with Crippen molar-refractivity contribution in [3.8, 4) is 0 Å². The van der Waals surface area contributed by atoms with Gasteiger partial charge in [0.05, 0.1) is 11.1 Å². The first-order valence-corrected chi connectivity index (χ1v) is 10.8. The van der Waals surface area contributed by atoms with Crippen LogP contribution in [-0.2, 0) is 11.3 Å². The summed E-state index contributed by atoms with van der Waals surface area (Å²) in [6.45, 7) is 6.39. The molecule has 1 amide bonds. The number of thioether (sulfide) groups is 1. The second-order valence-corrected chi connectivity index (χ2v) is 8.83. The summed E-state index contributed by atoms with van der Waals surface area (Å²) in [5.41, 5.74) is 2.78. The molecule has 0 aliphatic heterocycles.